The van der Waals surface area contributed by atoms with E-state index >= 15 is 0 Å². The molecule has 5 heteroatoms. The van der Waals surface area contributed by atoms with Crippen molar-refractivity contribution >= 4 is 39.1 Å². The van der Waals surface area contributed by atoms with Crippen LogP contribution in [0.1, 0.15) is 12.5 Å². The van der Waals surface area contributed by atoms with Crippen LogP contribution in [0.4, 0.5) is 0 Å². The number of nitrogens with one attached hydrogen (secondary N) is 1. The first kappa shape index (κ1) is 15.6. The largest absolute Gasteiger partial charge is 0.454 e. The molecule has 20 heavy (non-hydrogen) atoms. The van der Waals surface area contributed by atoms with Crippen LogP contribution in [0.3, 0.4) is 0 Å². The molecule has 1 N–H and O–H groups in total. The number of ether oxygens (including phenoxy) is 1. The highest BCUT2D eigenvalue weighted by Gasteiger charge is 2.11. The van der Waals surface area contributed by atoms with Crippen LogP contribution in [-0.2, 0) is 6.54 Å². The van der Waals surface area contributed by atoms with Gasteiger partial charge in [-0.1, -0.05) is 42.3 Å². The zero-order valence-corrected chi connectivity index (χ0v) is 14.0. The van der Waals surface area contributed by atoms with Crippen LogP contribution in [0.15, 0.2) is 40.9 Å². The number of hydrogen-bond acceptors (Lipinski definition) is 2. The standard InChI is InChI=1S/C15H14BrCl2NO/c1-2-19-9-10-4-3-5-13(18)15(10)20-14-7-6-11(17)8-12(14)16/h3-8,19H,2,9H2,1H3. The average molecular weight is 375 g/mol. The fourth-order valence-electron chi connectivity index (χ4n) is 1.73. The zero-order chi connectivity index (χ0) is 14.5. The maximum atomic E-state index is 6.25. The highest BCUT2D eigenvalue weighted by Crippen LogP contribution is 2.37. The van der Waals surface area contributed by atoms with Crippen LogP contribution in [0.25, 0.3) is 0 Å². The van der Waals surface area contributed by atoms with Crippen molar-refractivity contribution in [1.82, 2.24) is 5.32 Å². The van der Waals surface area contributed by atoms with Crippen molar-refractivity contribution in [3.05, 3.63) is 56.5 Å². The Kier molecular flexibility index (Phi) is 5.73. The highest BCUT2D eigenvalue weighted by molar-refractivity contribution is 9.10. The van der Waals surface area contributed by atoms with Gasteiger partial charge in [0.15, 0.2) is 5.75 Å². The first-order chi connectivity index (χ1) is 9.61. The number of benzene rings is 2. The van der Waals surface area contributed by atoms with Crippen molar-refractivity contribution in [2.24, 2.45) is 0 Å². The summed E-state index contributed by atoms with van der Waals surface area (Å²) in [4.78, 5) is 0. The van der Waals surface area contributed by atoms with Crippen LogP contribution in [0, 0.1) is 0 Å². The zero-order valence-electron chi connectivity index (χ0n) is 10.9. The molecule has 0 bridgehead atoms. The molecule has 106 valence electrons. The molecule has 2 rings (SSSR count). The summed E-state index contributed by atoms with van der Waals surface area (Å²) in [5, 5.41) is 4.50. The lowest BCUT2D eigenvalue weighted by Gasteiger charge is -2.14. The molecule has 0 aliphatic heterocycles. The van der Waals surface area contributed by atoms with Gasteiger partial charge < -0.3 is 10.1 Å². The topological polar surface area (TPSA) is 21.3 Å². The smallest absolute Gasteiger partial charge is 0.150 e. The van der Waals surface area contributed by atoms with E-state index in [-0.39, 0.29) is 0 Å². The lowest BCUT2D eigenvalue weighted by Crippen LogP contribution is -2.12. The van der Waals surface area contributed by atoms with E-state index in [1.165, 1.54) is 0 Å². The number of rotatable bonds is 5. The Hall–Kier alpha value is -0.740. The molecule has 0 aliphatic carbocycles. The summed E-state index contributed by atoms with van der Waals surface area (Å²) in [7, 11) is 0. The second kappa shape index (κ2) is 7.32. The lowest BCUT2D eigenvalue weighted by molar-refractivity contribution is 0.470. The molecule has 0 spiro atoms. The van der Waals surface area contributed by atoms with Crippen molar-refractivity contribution in [1.29, 1.82) is 0 Å². The number of para-hydroxylation sites is 1. The molecule has 0 unspecified atom stereocenters. The van der Waals surface area contributed by atoms with Gasteiger partial charge in [-0.05, 0) is 46.7 Å². The molecule has 0 atom stereocenters. The van der Waals surface area contributed by atoms with E-state index in [4.69, 9.17) is 27.9 Å². The van der Waals surface area contributed by atoms with Crippen LogP contribution < -0.4 is 10.1 Å². The molecule has 2 nitrogen and oxygen atoms in total. The fraction of sp³-hybridized carbons (Fsp3) is 0.200. The predicted octanol–water partition coefficient (Wildman–Crippen LogP) is 5.66. The van der Waals surface area contributed by atoms with Crippen LogP contribution in [0.5, 0.6) is 11.5 Å². The molecular weight excluding hydrogens is 361 g/mol. The van der Waals surface area contributed by atoms with Gasteiger partial charge in [-0.2, -0.15) is 0 Å². The van der Waals surface area contributed by atoms with E-state index in [2.05, 4.69) is 28.2 Å². The van der Waals surface area contributed by atoms with E-state index in [0.29, 0.717) is 28.1 Å². The minimum absolute atomic E-state index is 0.585. The van der Waals surface area contributed by atoms with Crippen LogP contribution in [0.2, 0.25) is 10.0 Å². The Bertz CT molecular complexity index is 604. The molecule has 0 heterocycles. The molecular formula is C15H14BrCl2NO. The Labute approximate surface area is 137 Å². The fourth-order valence-corrected chi connectivity index (χ4v) is 2.73. The monoisotopic (exact) mass is 373 g/mol. The molecule has 0 saturated heterocycles. The highest BCUT2D eigenvalue weighted by atomic mass is 79.9. The van der Waals surface area contributed by atoms with Gasteiger partial charge in [-0.3, -0.25) is 0 Å². The third-order valence-electron chi connectivity index (χ3n) is 2.72. The summed E-state index contributed by atoms with van der Waals surface area (Å²) in [6.45, 7) is 3.65. The van der Waals surface area contributed by atoms with Crippen LogP contribution in [-0.4, -0.2) is 6.54 Å². The second-order valence-electron chi connectivity index (χ2n) is 4.19. The van der Waals surface area contributed by atoms with Gasteiger partial charge in [-0.15, -0.1) is 0 Å². The third kappa shape index (κ3) is 3.89. The summed E-state index contributed by atoms with van der Waals surface area (Å²) in [5.41, 5.74) is 1.02. The Morgan fingerprint density at radius 2 is 2.00 bits per heavy atom. The Morgan fingerprint density at radius 3 is 2.70 bits per heavy atom. The lowest BCUT2D eigenvalue weighted by atomic mass is 10.2. The van der Waals surface area contributed by atoms with Gasteiger partial charge in [0.1, 0.15) is 5.75 Å². The minimum Gasteiger partial charge on any atom is -0.454 e. The first-order valence-electron chi connectivity index (χ1n) is 6.23. The third-order valence-corrected chi connectivity index (χ3v) is 3.87. The quantitative estimate of drug-likeness (QED) is 0.729. The molecule has 2 aromatic rings. The maximum absolute atomic E-state index is 6.25. The van der Waals surface area contributed by atoms with Crippen molar-refractivity contribution in [2.45, 2.75) is 13.5 Å². The molecule has 2 aromatic carbocycles. The van der Waals surface area contributed by atoms with Gasteiger partial charge >= 0.3 is 0 Å². The Morgan fingerprint density at radius 1 is 1.20 bits per heavy atom. The molecule has 0 radical (unpaired) electrons. The maximum Gasteiger partial charge on any atom is 0.150 e. The number of halogens is 3. The van der Waals surface area contributed by atoms with Crippen LogP contribution >= 0.6 is 39.1 Å². The normalized spacial score (nSPS) is 10.6. The van der Waals surface area contributed by atoms with Gasteiger partial charge in [0, 0.05) is 17.1 Å². The summed E-state index contributed by atoms with van der Waals surface area (Å²) in [6, 6.07) is 11.1. The number of hydrogen-bond donors (Lipinski definition) is 1. The summed E-state index contributed by atoms with van der Waals surface area (Å²) < 4.78 is 6.74. The Balaban J connectivity index is 2.32. The summed E-state index contributed by atoms with van der Waals surface area (Å²) in [6.07, 6.45) is 0. The van der Waals surface area contributed by atoms with Gasteiger partial charge in [-0.25, -0.2) is 0 Å². The van der Waals surface area contributed by atoms with E-state index in [1.807, 2.05) is 24.3 Å². The van der Waals surface area contributed by atoms with Crippen molar-refractivity contribution < 1.29 is 4.74 Å². The molecule has 0 aromatic heterocycles. The first-order valence-corrected chi connectivity index (χ1v) is 7.77. The average Bonchev–Trinajstić information content (AvgIpc) is 2.42. The van der Waals surface area contributed by atoms with Crippen molar-refractivity contribution in [3.8, 4) is 11.5 Å². The van der Waals surface area contributed by atoms with Gasteiger partial charge in [0.05, 0.1) is 9.50 Å². The van der Waals surface area contributed by atoms with Gasteiger partial charge in [0.2, 0.25) is 0 Å². The van der Waals surface area contributed by atoms with E-state index in [1.54, 1.807) is 12.1 Å². The van der Waals surface area contributed by atoms with E-state index in [9.17, 15) is 0 Å². The molecule has 0 amide bonds. The van der Waals surface area contributed by atoms with Gasteiger partial charge in [0.25, 0.3) is 0 Å². The second-order valence-corrected chi connectivity index (χ2v) is 5.88. The summed E-state index contributed by atoms with van der Waals surface area (Å²) >= 11 is 15.6. The molecule has 0 fully saturated rings. The molecule has 0 aliphatic rings. The summed E-state index contributed by atoms with van der Waals surface area (Å²) in [5.74, 6) is 1.35. The van der Waals surface area contributed by atoms with Crippen molar-refractivity contribution in [3.63, 3.8) is 0 Å². The minimum atomic E-state index is 0.585. The SMILES string of the molecule is CCNCc1cccc(Cl)c1Oc1ccc(Cl)cc1Br. The molecule has 0 saturated carbocycles. The predicted molar refractivity (Wildman–Crippen MR) is 88.1 cm³/mol. The van der Waals surface area contributed by atoms with Crippen molar-refractivity contribution in [2.75, 3.05) is 6.54 Å². The van der Waals surface area contributed by atoms with E-state index in [0.717, 1.165) is 16.6 Å². The van der Waals surface area contributed by atoms with E-state index < -0.39 is 0 Å².